The monoisotopic (exact) mass is 366 g/mol. The highest BCUT2D eigenvalue weighted by Gasteiger charge is 2.23. The number of nitrogens with one attached hydrogen (secondary N) is 2. The maximum Gasteiger partial charge on any atom is 0.353 e. The van der Waals surface area contributed by atoms with Crippen molar-refractivity contribution in [3.63, 3.8) is 0 Å². The molecule has 1 aromatic heterocycles. The smallest absolute Gasteiger partial charge is 0.353 e. The van der Waals surface area contributed by atoms with Crippen molar-refractivity contribution < 1.29 is 9.66 Å². The molecule has 138 valence electrons. The molecule has 1 heterocycles. The lowest BCUT2D eigenvalue weighted by Crippen LogP contribution is -2.08. The number of benzene rings is 2. The van der Waals surface area contributed by atoms with Crippen molar-refractivity contribution >= 4 is 34.6 Å². The van der Waals surface area contributed by atoms with Crippen LogP contribution in [-0.4, -0.2) is 22.0 Å². The Hall–Kier alpha value is -3.88. The largest absolute Gasteiger partial charge is 0.497 e. The fourth-order valence-corrected chi connectivity index (χ4v) is 2.37. The maximum absolute atomic E-state index is 11.4. The number of methoxy groups -OCH3 is 1. The van der Waals surface area contributed by atoms with Crippen molar-refractivity contribution in [3.8, 4) is 5.75 Å². The summed E-state index contributed by atoms with van der Waals surface area (Å²) < 4.78 is 5.10. The number of aryl methyl sites for hydroxylation is 1. The van der Waals surface area contributed by atoms with E-state index in [1.165, 1.54) is 0 Å². The standard InChI is InChI=1S/C18H18N6O3/c1-11-3-5-13(6-4-11)21-18-22-16(19)15(24(25)26)17(23-18)20-12-7-9-14(27-2)10-8-12/h3-10H,1-2H3,(H4,19,20,21,22,23). The highest BCUT2D eigenvalue weighted by atomic mass is 16.6. The molecule has 0 aliphatic rings. The van der Waals surface area contributed by atoms with Crippen LogP contribution in [0.2, 0.25) is 0 Å². The van der Waals surface area contributed by atoms with E-state index in [2.05, 4.69) is 20.6 Å². The summed E-state index contributed by atoms with van der Waals surface area (Å²) in [4.78, 5) is 19.0. The van der Waals surface area contributed by atoms with Crippen LogP contribution in [-0.2, 0) is 0 Å². The van der Waals surface area contributed by atoms with Crippen molar-refractivity contribution in [2.45, 2.75) is 6.92 Å². The van der Waals surface area contributed by atoms with Gasteiger partial charge in [-0.05, 0) is 43.3 Å². The molecule has 0 amide bonds. The quantitative estimate of drug-likeness (QED) is 0.444. The Bertz CT molecular complexity index is 958. The zero-order valence-electron chi connectivity index (χ0n) is 14.8. The van der Waals surface area contributed by atoms with Gasteiger partial charge in [0, 0.05) is 11.4 Å². The predicted octanol–water partition coefficient (Wildman–Crippen LogP) is 3.77. The first-order valence-corrected chi connectivity index (χ1v) is 8.03. The minimum absolute atomic E-state index is 0.00715. The van der Waals surface area contributed by atoms with Gasteiger partial charge < -0.3 is 21.1 Å². The van der Waals surface area contributed by atoms with Crippen LogP contribution in [0.25, 0.3) is 0 Å². The molecule has 27 heavy (non-hydrogen) atoms. The van der Waals surface area contributed by atoms with Crippen molar-refractivity contribution in [2.75, 3.05) is 23.5 Å². The lowest BCUT2D eigenvalue weighted by Gasteiger charge is -2.11. The summed E-state index contributed by atoms with van der Waals surface area (Å²) in [5.41, 5.74) is 7.86. The number of hydrogen-bond donors (Lipinski definition) is 3. The Morgan fingerprint density at radius 2 is 1.59 bits per heavy atom. The molecular formula is C18H18N6O3. The van der Waals surface area contributed by atoms with Crippen molar-refractivity contribution in [1.82, 2.24) is 9.97 Å². The van der Waals surface area contributed by atoms with Crippen LogP contribution in [0.15, 0.2) is 48.5 Å². The molecule has 9 nitrogen and oxygen atoms in total. The molecule has 0 aliphatic carbocycles. The summed E-state index contributed by atoms with van der Waals surface area (Å²) in [5, 5.41) is 17.3. The van der Waals surface area contributed by atoms with E-state index < -0.39 is 4.92 Å². The molecule has 0 spiro atoms. The number of nitro groups is 1. The van der Waals surface area contributed by atoms with Crippen LogP contribution in [0.5, 0.6) is 5.75 Å². The van der Waals surface area contributed by atoms with E-state index in [1.54, 1.807) is 31.4 Å². The second kappa shape index (κ2) is 7.56. The first-order valence-electron chi connectivity index (χ1n) is 8.03. The lowest BCUT2D eigenvalue weighted by atomic mass is 10.2. The number of nitrogens with zero attached hydrogens (tertiary/aromatic N) is 3. The van der Waals surface area contributed by atoms with E-state index in [0.29, 0.717) is 11.4 Å². The normalized spacial score (nSPS) is 10.3. The molecule has 2 aromatic carbocycles. The molecule has 0 unspecified atom stereocenters. The van der Waals surface area contributed by atoms with Crippen LogP contribution < -0.4 is 21.1 Å². The van der Waals surface area contributed by atoms with E-state index in [0.717, 1.165) is 11.3 Å². The fraction of sp³-hybridized carbons (Fsp3) is 0.111. The van der Waals surface area contributed by atoms with Gasteiger partial charge in [-0.25, -0.2) is 0 Å². The molecule has 0 saturated heterocycles. The van der Waals surface area contributed by atoms with Crippen LogP contribution >= 0.6 is 0 Å². The predicted molar refractivity (Wildman–Crippen MR) is 104 cm³/mol. The van der Waals surface area contributed by atoms with Gasteiger partial charge in [-0.1, -0.05) is 17.7 Å². The second-order valence-electron chi connectivity index (χ2n) is 5.73. The van der Waals surface area contributed by atoms with Crippen LogP contribution in [0, 0.1) is 17.0 Å². The van der Waals surface area contributed by atoms with E-state index in [4.69, 9.17) is 10.5 Å². The molecule has 3 rings (SSSR count). The molecule has 0 bridgehead atoms. The van der Waals surface area contributed by atoms with Gasteiger partial charge in [0.1, 0.15) is 5.75 Å². The van der Waals surface area contributed by atoms with Gasteiger partial charge >= 0.3 is 5.69 Å². The van der Waals surface area contributed by atoms with E-state index in [-0.39, 0.29) is 23.3 Å². The Labute approximate surface area is 155 Å². The number of rotatable bonds is 6. The topological polar surface area (TPSA) is 128 Å². The van der Waals surface area contributed by atoms with Gasteiger partial charge in [-0.3, -0.25) is 10.1 Å². The SMILES string of the molecule is COc1ccc(Nc2nc(Nc3ccc(C)cc3)nc(N)c2[N+](=O)[O-])cc1. The molecular weight excluding hydrogens is 348 g/mol. The Morgan fingerprint density at radius 1 is 1.00 bits per heavy atom. The number of ether oxygens (including phenoxy) is 1. The Balaban J connectivity index is 1.95. The van der Waals surface area contributed by atoms with Crippen molar-refractivity contribution in [2.24, 2.45) is 0 Å². The van der Waals surface area contributed by atoms with Gasteiger partial charge in [0.25, 0.3) is 0 Å². The van der Waals surface area contributed by atoms with Gasteiger partial charge in [0.15, 0.2) is 0 Å². The molecule has 9 heteroatoms. The van der Waals surface area contributed by atoms with E-state index >= 15 is 0 Å². The number of nitrogens with two attached hydrogens (primary N) is 1. The first kappa shape index (κ1) is 17.9. The summed E-state index contributed by atoms with van der Waals surface area (Å²) in [5.74, 6) is 0.574. The fourth-order valence-electron chi connectivity index (χ4n) is 2.37. The highest BCUT2D eigenvalue weighted by Crippen LogP contribution is 2.32. The summed E-state index contributed by atoms with van der Waals surface area (Å²) >= 11 is 0. The summed E-state index contributed by atoms with van der Waals surface area (Å²) in [7, 11) is 1.56. The average molecular weight is 366 g/mol. The number of anilines is 5. The average Bonchev–Trinajstić information content (AvgIpc) is 2.63. The molecule has 0 saturated carbocycles. The Morgan fingerprint density at radius 3 is 2.19 bits per heavy atom. The zero-order valence-corrected chi connectivity index (χ0v) is 14.8. The number of aromatic nitrogens is 2. The molecule has 3 aromatic rings. The van der Waals surface area contributed by atoms with Crippen molar-refractivity contribution in [1.29, 1.82) is 0 Å². The lowest BCUT2D eigenvalue weighted by molar-refractivity contribution is -0.383. The highest BCUT2D eigenvalue weighted by molar-refractivity contribution is 5.75. The molecule has 0 fully saturated rings. The van der Waals surface area contributed by atoms with Crippen LogP contribution in [0.3, 0.4) is 0 Å². The third-order valence-electron chi connectivity index (χ3n) is 3.75. The van der Waals surface area contributed by atoms with Gasteiger partial charge in [-0.15, -0.1) is 0 Å². The van der Waals surface area contributed by atoms with E-state index in [9.17, 15) is 10.1 Å². The van der Waals surface area contributed by atoms with Gasteiger partial charge in [0.2, 0.25) is 17.6 Å². The third-order valence-corrected chi connectivity index (χ3v) is 3.75. The minimum Gasteiger partial charge on any atom is -0.497 e. The molecule has 0 aliphatic heterocycles. The van der Waals surface area contributed by atoms with Gasteiger partial charge in [-0.2, -0.15) is 9.97 Å². The minimum atomic E-state index is -0.614. The van der Waals surface area contributed by atoms with Gasteiger partial charge in [0.05, 0.1) is 12.0 Å². The molecule has 4 N–H and O–H groups in total. The first-order chi connectivity index (χ1) is 13.0. The summed E-state index contributed by atoms with van der Waals surface area (Å²) in [6.07, 6.45) is 0. The summed E-state index contributed by atoms with van der Waals surface area (Å²) in [6.45, 7) is 1.97. The Kier molecular flexibility index (Phi) is 5.02. The summed E-state index contributed by atoms with van der Waals surface area (Å²) in [6, 6.07) is 14.4. The molecule has 0 radical (unpaired) electrons. The third kappa shape index (κ3) is 4.21. The van der Waals surface area contributed by atoms with Crippen LogP contribution in [0.4, 0.5) is 34.6 Å². The number of hydrogen-bond acceptors (Lipinski definition) is 8. The van der Waals surface area contributed by atoms with Crippen LogP contribution in [0.1, 0.15) is 5.56 Å². The number of nitrogen functional groups attached to an aromatic ring is 1. The second-order valence-corrected chi connectivity index (χ2v) is 5.73. The van der Waals surface area contributed by atoms with E-state index in [1.807, 2.05) is 31.2 Å². The van der Waals surface area contributed by atoms with Crippen molar-refractivity contribution in [3.05, 3.63) is 64.2 Å². The zero-order chi connectivity index (χ0) is 19.4. The maximum atomic E-state index is 11.4. The molecule has 0 atom stereocenters.